The van der Waals surface area contributed by atoms with E-state index >= 15 is 0 Å². The second-order valence-electron chi connectivity index (χ2n) is 6.92. The van der Waals surface area contributed by atoms with Crippen LogP contribution in [0.4, 0.5) is 10.1 Å². The third-order valence-corrected chi connectivity index (χ3v) is 5.21. The van der Waals surface area contributed by atoms with Gasteiger partial charge >= 0.3 is 0 Å². The molecule has 3 atom stereocenters. The smallest absolute Gasteiger partial charge is 0.276 e. The highest BCUT2D eigenvalue weighted by atomic mass is 19.1. The molecule has 0 aromatic heterocycles. The summed E-state index contributed by atoms with van der Waals surface area (Å²) in [5.74, 6) is -0.0803. The fraction of sp³-hybridized carbons (Fsp3) is 0.625. The van der Waals surface area contributed by atoms with Crippen molar-refractivity contribution in [2.75, 3.05) is 13.7 Å². The normalized spacial score (nSPS) is 29.2. The van der Waals surface area contributed by atoms with Crippen LogP contribution in [0, 0.1) is 27.3 Å². The molecule has 1 aromatic carbocycles. The van der Waals surface area contributed by atoms with Gasteiger partial charge in [0.05, 0.1) is 16.6 Å². The quantitative estimate of drug-likeness (QED) is 0.634. The van der Waals surface area contributed by atoms with Gasteiger partial charge in [0.1, 0.15) is 5.82 Å². The van der Waals surface area contributed by atoms with E-state index in [2.05, 4.69) is 13.8 Å². The topological polar surface area (TPSA) is 55.6 Å². The molecule has 1 saturated carbocycles. The maximum absolute atomic E-state index is 14.1. The zero-order valence-corrected chi connectivity index (χ0v) is 13.1. The van der Waals surface area contributed by atoms with Crippen molar-refractivity contribution in [2.45, 2.75) is 39.0 Å². The molecule has 120 valence electrons. The minimum Gasteiger partial charge on any atom is -0.377 e. The molecule has 0 unspecified atom stereocenters. The van der Waals surface area contributed by atoms with Gasteiger partial charge in [0.2, 0.25) is 0 Å². The lowest BCUT2D eigenvalue weighted by Crippen LogP contribution is -2.65. The Kier molecular flexibility index (Phi) is 3.69. The predicted molar refractivity (Wildman–Crippen MR) is 79.9 cm³/mol. The predicted octanol–water partition coefficient (Wildman–Crippen LogP) is 2.98. The van der Waals surface area contributed by atoms with Gasteiger partial charge in [-0.05, 0) is 19.5 Å². The molecule has 3 rings (SSSR count). The largest absolute Gasteiger partial charge is 0.377 e. The Morgan fingerprint density at radius 2 is 2.23 bits per heavy atom. The van der Waals surface area contributed by atoms with Crippen LogP contribution in [-0.2, 0) is 11.3 Å². The van der Waals surface area contributed by atoms with Crippen LogP contribution < -0.4 is 0 Å². The van der Waals surface area contributed by atoms with Gasteiger partial charge in [0, 0.05) is 36.6 Å². The van der Waals surface area contributed by atoms with E-state index in [0.29, 0.717) is 5.92 Å². The zero-order valence-electron chi connectivity index (χ0n) is 13.1. The van der Waals surface area contributed by atoms with E-state index in [0.717, 1.165) is 13.0 Å². The molecule has 0 spiro atoms. The minimum absolute atomic E-state index is 0.0179. The average Bonchev–Trinajstić information content (AvgIpc) is 2.86. The minimum atomic E-state index is -0.516. The lowest BCUT2D eigenvalue weighted by atomic mass is 9.57. The molecule has 0 amide bonds. The van der Waals surface area contributed by atoms with E-state index in [9.17, 15) is 14.5 Å². The van der Waals surface area contributed by atoms with Crippen molar-refractivity contribution in [3.63, 3.8) is 0 Å². The molecule has 0 bridgehead atoms. The molecule has 1 aliphatic heterocycles. The first-order chi connectivity index (χ1) is 10.3. The van der Waals surface area contributed by atoms with Crippen LogP contribution >= 0.6 is 0 Å². The van der Waals surface area contributed by atoms with Gasteiger partial charge in [-0.2, -0.15) is 0 Å². The molecular weight excluding hydrogens is 287 g/mol. The summed E-state index contributed by atoms with van der Waals surface area (Å²) in [7, 11) is 1.91. The summed E-state index contributed by atoms with van der Waals surface area (Å²) in [6, 6.07) is 4.27. The molecule has 1 aliphatic carbocycles. The molecular formula is C16H21FN2O3. The summed E-state index contributed by atoms with van der Waals surface area (Å²) >= 11 is 0. The van der Waals surface area contributed by atoms with Crippen LogP contribution in [0.15, 0.2) is 18.2 Å². The first-order valence-corrected chi connectivity index (χ1v) is 7.57. The van der Waals surface area contributed by atoms with Crippen LogP contribution in [0.3, 0.4) is 0 Å². The third kappa shape index (κ3) is 2.21. The maximum Gasteiger partial charge on any atom is 0.276 e. The number of rotatable bonds is 4. The number of ether oxygens (including phenoxy) is 1. The lowest BCUT2D eigenvalue weighted by molar-refractivity contribution is -0.386. The van der Waals surface area contributed by atoms with Gasteiger partial charge in [-0.3, -0.25) is 15.0 Å². The first-order valence-electron chi connectivity index (χ1n) is 7.57. The van der Waals surface area contributed by atoms with Crippen molar-refractivity contribution in [3.05, 3.63) is 39.7 Å². The van der Waals surface area contributed by atoms with Gasteiger partial charge < -0.3 is 4.74 Å². The molecule has 1 saturated heterocycles. The summed E-state index contributed by atoms with van der Waals surface area (Å²) in [6.45, 7) is 5.30. The van der Waals surface area contributed by atoms with Crippen molar-refractivity contribution >= 4 is 5.69 Å². The molecule has 6 heteroatoms. The highest BCUT2D eigenvalue weighted by Gasteiger charge is 2.60. The van der Waals surface area contributed by atoms with Crippen molar-refractivity contribution in [1.82, 2.24) is 4.90 Å². The highest BCUT2D eigenvalue weighted by Crippen LogP contribution is 2.54. The molecule has 2 fully saturated rings. The van der Waals surface area contributed by atoms with E-state index < -0.39 is 10.7 Å². The average molecular weight is 308 g/mol. The molecule has 1 heterocycles. The van der Waals surface area contributed by atoms with E-state index in [1.807, 2.05) is 11.9 Å². The van der Waals surface area contributed by atoms with E-state index in [-0.39, 0.29) is 35.4 Å². The number of nitro benzene ring substituents is 1. The highest BCUT2D eigenvalue weighted by molar-refractivity contribution is 5.41. The van der Waals surface area contributed by atoms with Gasteiger partial charge in [0.15, 0.2) is 0 Å². The standard InChI is InChI=1S/C16H21FN2O3/c1-16(2)14(10-7-8-22-15(10)16)18(3)9-11-12(17)5-4-6-13(11)19(20)21/h4-6,10,14-15H,7-9H2,1-3H3/t10-,14+,15-/m0/s1. The van der Waals surface area contributed by atoms with Crippen LogP contribution in [0.2, 0.25) is 0 Å². The molecule has 2 aliphatic rings. The van der Waals surface area contributed by atoms with Gasteiger partial charge in [-0.15, -0.1) is 0 Å². The van der Waals surface area contributed by atoms with Gasteiger partial charge in [-0.25, -0.2) is 4.39 Å². The van der Waals surface area contributed by atoms with Crippen LogP contribution in [-0.4, -0.2) is 35.6 Å². The monoisotopic (exact) mass is 308 g/mol. The number of benzene rings is 1. The number of hydrogen-bond donors (Lipinski definition) is 0. The molecule has 0 N–H and O–H groups in total. The summed E-state index contributed by atoms with van der Waals surface area (Å²) in [5.41, 5.74) is -0.00738. The van der Waals surface area contributed by atoms with Crippen LogP contribution in [0.5, 0.6) is 0 Å². The summed E-state index contributed by atoms with van der Waals surface area (Å²) in [6.07, 6.45) is 1.25. The summed E-state index contributed by atoms with van der Waals surface area (Å²) < 4.78 is 19.8. The number of halogens is 1. The first kappa shape index (κ1) is 15.4. The molecule has 22 heavy (non-hydrogen) atoms. The number of fused-ring (bicyclic) bond motifs is 1. The van der Waals surface area contributed by atoms with E-state index in [1.54, 1.807) is 0 Å². The number of nitrogens with zero attached hydrogens (tertiary/aromatic N) is 2. The maximum atomic E-state index is 14.1. The third-order valence-electron chi connectivity index (χ3n) is 5.21. The Morgan fingerprint density at radius 1 is 1.50 bits per heavy atom. The molecule has 5 nitrogen and oxygen atoms in total. The van der Waals surface area contributed by atoms with E-state index in [1.165, 1.54) is 18.2 Å². The molecule has 1 aromatic rings. The van der Waals surface area contributed by atoms with Gasteiger partial charge in [-0.1, -0.05) is 19.9 Å². The Morgan fingerprint density at radius 3 is 2.91 bits per heavy atom. The van der Waals surface area contributed by atoms with Crippen LogP contribution in [0.25, 0.3) is 0 Å². The van der Waals surface area contributed by atoms with Crippen molar-refractivity contribution < 1.29 is 14.1 Å². The second-order valence-corrected chi connectivity index (χ2v) is 6.92. The molecule has 0 radical (unpaired) electrons. The lowest BCUT2D eigenvalue weighted by Gasteiger charge is -2.58. The number of hydrogen-bond acceptors (Lipinski definition) is 4. The Balaban J connectivity index is 1.84. The van der Waals surface area contributed by atoms with Crippen molar-refractivity contribution in [2.24, 2.45) is 11.3 Å². The SMILES string of the molecule is CN(Cc1c(F)cccc1[N+](=O)[O-])[C@@H]1[C@@H]2CCO[C@@H]2C1(C)C. The fourth-order valence-electron chi connectivity index (χ4n) is 4.42. The zero-order chi connectivity index (χ0) is 16.1. The van der Waals surface area contributed by atoms with Crippen molar-refractivity contribution in [1.29, 1.82) is 0 Å². The van der Waals surface area contributed by atoms with E-state index in [4.69, 9.17) is 4.74 Å². The second kappa shape index (κ2) is 5.28. The Hall–Kier alpha value is -1.53. The Bertz CT molecular complexity index is 605. The van der Waals surface area contributed by atoms with Crippen molar-refractivity contribution in [3.8, 4) is 0 Å². The summed E-state index contributed by atoms with van der Waals surface area (Å²) in [5, 5.41) is 11.1. The Labute approximate surface area is 129 Å². The fourth-order valence-corrected chi connectivity index (χ4v) is 4.42. The summed E-state index contributed by atoms with van der Waals surface area (Å²) in [4.78, 5) is 12.6. The van der Waals surface area contributed by atoms with Gasteiger partial charge in [0.25, 0.3) is 5.69 Å². The number of nitro groups is 1. The van der Waals surface area contributed by atoms with Crippen LogP contribution in [0.1, 0.15) is 25.8 Å².